The van der Waals surface area contributed by atoms with E-state index >= 15 is 0 Å². The molecule has 6 heteroatoms. The second kappa shape index (κ2) is 8.14. The van der Waals surface area contributed by atoms with Crippen LogP contribution >= 0.6 is 0 Å². The van der Waals surface area contributed by atoms with Gasteiger partial charge in [-0.3, -0.25) is 4.79 Å². The Morgan fingerprint density at radius 2 is 1.90 bits per heavy atom. The fourth-order valence-electron chi connectivity index (χ4n) is 1.68. The average Bonchev–Trinajstić information content (AvgIpc) is 2.42. The molecule has 0 fully saturated rings. The molecular formula is C15H22N2O4. The summed E-state index contributed by atoms with van der Waals surface area (Å²) in [5, 5.41) is 14.1. The van der Waals surface area contributed by atoms with E-state index in [9.17, 15) is 9.59 Å². The SMILES string of the molecule is CC(C)(CCC(=O)O)NC(=O)NCCOc1ccccc1. The first kappa shape index (κ1) is 16.8. The lowest BCUT2D eigenvalue weighted by atomic mass is 9.99. The Morgan fingerprint density at radius 3 is 2.52 bits per heavy atom. The number of carboxylic acids is 1. The second-order valence-electron chi connectivity index (χ2n) is 5.32. The lowest BCUT2D eigenvalue weighted by Gasteiger charge is -2.25. The Hall–Kier alpha value is -2.24. The van der Waals surface area contributed by atoms with Gasteiger partial charge in [-0.2, -0.15) is 0 Å². The lowest BCUT2D eigenvalue weighted by Crippen LogP contribution is -2.49. The summed E-state index contributed by atoms with van der Waals surface area (Å²) < 4.78 is 5.45. The van der Waals surface area contributed by atoms with Crippen LogP contribution in [0.2, 0.25) is 0 Å². The number of hydrogen-bond acceptors (Lipinski definition) is 3. The Balaban J connectivity index is 2.20. The Morgan fingerprint density at radius 1 is 1.24 bits per heavy atom. The molecule has 0 aromatic heterocycles. The number of carboxylic acid groups (broad SMARTS) is 1. The number of carbonyl (C=O) groups excluding carboxylic acids is 1. The first-order valence-electron chi connectivity index (χ1n) is 6.85. The van der Waals surface area contributed by atoms with Crippen LogP contribution in [0.1, 0.15) is 26.7 Å². The minimum absolute atomic E-state index is 0.0183. The standard InChI is InChI=1S/C15H22N2O4/c1-15(2,9-8-13(18)19)17-14(20)16-10-11-21-12-6-4-3-5-7-12/h3-7H,8-11H2,1-2H3,(H,18,19)(H2,16,17,20). The maximum absolute atomic E-state index is 11.7. The summed E-state index contributed by atoms with van der Waals surface area (Å²) in [6.45, 7) is 4.31. The van der Waals surface area contributed by atoms with Crippen LogP contribution < -0.4 is 15.4 Å². The van der Waals surface area contributed by atoms with Gasteiger partial charge in [0.05, 0.1) is 6.54 Å². The molecule has 0 aliphatic heterocycles. The Kier molecular flexibility index (Phi) is 6.52. The van der Waals surface area contributed by atoms with Crippen LogP contribution in [-0.2, 0) is 4.79 Å². The number of ether oxygens (including phenoxy) is 1. The molecule has 21 heavy (non-hydrogen) atoms. The van der Waals surface area contributed by atoms with Gasteiger partial charge in [-0.05, 0) is 32.4 Å². The number of aliphatic carboxylic acids is 1. The normalized spacial score (nSPS) is 10.8. The highest BCUT2D eigenvalue weighted by molar-refractivity contribution is 5.74. The van der Waals surface area contributed by atoms with Gasteiger partial charge in [-0.15, -0.1) is 0 Å². The highest BCUT2D eigenvalue weighted by atomic mass is 16.5. The zero-order valence-electron chi connectivity index (χ0n) is 12.4. The quantitative estimate of drug-likeness (QED) is 0.640. The van der Waals surface area contributed by atoms with Gasteiger partial charge in [-0.1, -0.05) is 18.2 Å². The molecule has 0 spiro atoms. The molecule has 0 bridgehead atoms. The van der Waals surface area contributed by atoms with Gasteiger partial charge in [0, 0.05) is 12.0 Å². The molecular weight excluding hydrogens is 272 g/mol. The lowest BCUT2D eigenvalue weighted by molar-refractivity contribution is -0.137. The summed E-state index contributed by atoms with van der Waals surface area (Å²) in [7, 11) is 0. The minimum atomic E-state index is -0.874. The predicted molar refractivity (Wildman–Crippen MR) is 79.4 cm³/mol. The van der Waals surface area contributed by atoms with Crippen LogP contribution in [-0.4, -0.2) is 35.8 Å². The molecule has 0 saturated carbocycles. The molecule has 0 heterocycles. The van der Waals surface area contributed by atoms with Crippen LogP contribution in [0, 0.1) is 0 Å². The summed E-state index contributed by atoms with van der Waals surface area (Å²) in [6, 6.07) is 9.00. The topological polar surface area (TPSA) is 87.7 Å². The van der Waals surface area contributed by atoms with Gasteiger partial charge < -0.3 is 20.5 Å². The van der Waals surface area contributed by atoms with Crippen molar-refractivity contribution in [2.75, 3.05) is 13.2 Å². The van der Waals surface area contributed by atoms with Crippen molar-refractivity contribution in [1.82, 2.24) is 10.6 Å². The van der Waals surface area contributed by atoms with Crippen LogP contribution in [0.15, 0.2) is 30.3 Å². The summed E-state index contributed by atoms with van der Waals surface area (Å²) >= 11 is 0. The van der Waals surface area contributed by atoms with E-state index in [2.05, 4.69) is 10.6 Å². The number of hydrogen-bond donors (Lipinski definition) is 3. The first-order valence-corrected chi connectivity index (χ1v) is 6.85. The maximum atomic E-state index is 11.7. The number of para-hydroxylation sites is 1. The third-order valence-electron chi connectivity index (χ3n) is 2.82. The molecule has 6 nitrogen and oxygen atoms in total. The predicted octanol–water partition coefficient (Wildman–Crippen LogP) is 2.01. The summed E-state index contributed by atoms with van der Waals surface area (Å²) in [4.78, 5) is 22.2. The van der Waals surface area contributed by atoms with E-state index in [1.54, 1.807) is 13.8 Å². The van der Waals surface area contributed by atoms with E-state index in [4.69, 9.17) is 9.84 Å². The van der Waals surface area contributed by atoms with Crippen LogP contribution in [0.25, 0.3) is 0 Å². The van der Waals surface area contributed by atoms with E-state index in [1.165, 1.54) is 0 Å². The summed E-state index contributed by atoms with van der Waals surface area (Å²) in [6.07, 6.45) is 0.390. The van der Waals surface area contributed by atoms with Crippen molar-refractivity contribution in [1.29, 1.82) is 0 Å². The number of urea groups is 1. The molecule has 0 unspecified atom stereocenters. The Bertz CT molecular complexity index is 460. The first-order chi connectivity index (χ1) is 9.89. The molecule has 0 aliphatic carbocycles. The molecule has 0 radical (unpaired) electrons. The molecule has 0 atom stereocenters. The fraction of sp³-hybridized carbons (Fsp3) is 0.467. The van der Waals surface area contributed by atoms with Crippen LogP contribution in [0.3, 0.4) is 0 Å². The van der Waals surface area contributed by atoms with Gasteiger partial charge in [0.25, 0.3) is 0 Å². The van der Waals surface area contributed by atoms with Crippen molar-refractivity contribution in [3.63, 3.8) is 0 Å². The van der Waals surface area contributed by atoms with Crippen molar-refractivity contribution >= 4 is 12.0 Å². The van der Waals surface area contributed by atoms with Crippen LogP contribution in [0.5, 0.6) is 5.75 Å². The van der Waals surface area contributed by atoms with Crippen molar-refractivity contribution in [2.45, 2.75) is 32.2 Å². The largest absolute Gasteiger partial charge is 0.492 e. The highest BCUT2D eigenvalue weighted by Gasteiger charge is 2.21. The van der Waals surface area contributed by atoms with Crippen molar-refractivity contribution in [2.24, 2.45) is 0 Å². The molecule has 1 rings (SSSR count). The molecule has 0 aliphatic rings. The fourth-order valence-corrected chi connectivity index (χ4v) is 1.68. The minimum Gasteiger partial charge on any atom is -0.492 e. The zero-order chi connectivity index (χ0) is 15.7. The third-order valence-corrected chi connectivity index (χ3v) is 2.82. The molecule has 1 aromatic carbocycles. The van der Waals surface area contributed by atoms with Gasteiger partial charge >= 0.3 is 12.0 Å². The number of nitrogens with one attached hydrogen (secondary N) is 2. The van der Waals surface area contributed by atoms with Crippen LogP contribution in [0.4, 0.5) is 4.79 Å². The molecule has 116 valence electrons. The average molecular weight is 294 g/mol. The number of benzene rings is 1. The summed E-state index contributed by atoms with van der Waals surface area (Å²) in [5.41, 5.74) is -0.567. The van der Waals surface area contributed by atoms with E-state index in [0.717, 1.165) is 5.75 Å². The maximum Gasteiger partial charge on any atom is 0.315 e. The van der Waals surface area contributed by atoms with Crippen molar-refractivity contribution in [3.8, 4) is 5.75 Å². The number of carbonyl (C=O) groups is 2. The molecule has 0 saturated heterocycles. The molecule has 3 N–H and O–H groups in total. The molecule has 2 amide bonds. The third kappa shape index (κ3) is 7.81. The molecule has 1 aromatic rings. The van der Waals surface area contributed by atoms with E-state index < -0.39 is 11.5 Å². The van der Waals surface area contributed by atoms with E-state index in [0.29, 0.717) is 19.6 Å². The van der Waals surface area contributed by atoms with Crippen molar-refractivity contribution < 1.29 is 19.4 Å². The van der Waals surface area contributed by atoms with Gasteiger partial charge in [-0.25, -0.2) is 4.79 Å². The zero-order valence-corrected chi connectivity index (χ0v) is 12.4. The number of rotatable bonds is 8. The van der Waals surface area contributed by atoms with Gasteiger partial charge in [0.1, 0.15) is 12.4 Å². The van der Waals surface area contributed by atoms with E-state index in [-0.39, 0.29) is 12.5 Å². The monoisotopic (exact) mass is 294 g/mol. The van der Waals surface area contributed by atoms with Gasteiger partial charge in [0.15, 0.2) is 0 Å². The van der Waals surface area contributed by atoms with E-state index in [1.807, 2.05) is 30.3 Å². The second-order valence-corrected chi connectivity index (χ2v) is 5.32. The van der Waals surface area contributed by atoms with Gasteiger partial charge in [0.2, 0.25) is 0 Å². The number of amides is 2. The smallest absolute Gasteiger partial charge is 0.315 e. The Labute approximate surface area is 124 Å². The highest BCUT2D eigenvalue weighted by Crippen LogP contribution is 2.11. The summed E-state index contributed by atoms with van der Waals surface area (Å²) in [5.74, 6) is -0.122. The van der Waals surface area contributed by atoms with Crippen molar-refractivity contribution in [3.05, 3.63) is 30.3 Å².